The normalized spacial score (nSPS) is 20.5. The lowest BCUT2D eigenvalue weighted by atomic mass is 10.2. The third-order valence-electron chi connectivity index (χ3n) is 2.63. The van der Waals surface area contributed by atoms with Crippen molar-refractivity contribution in [2.75, 3.05) is 17.6 Å². The summed E-state index contributed by atoms with van der Waals surface area (Å²) in [5.41, 5.74) is -0.692. The smallest absolute Gasteiger partial charge is 0.368 e. The van der Waals surface area contributed by atoms with E-state index in [0.717, 1.165) is 24.7 Å². The Balaban J connectivity index is 2.04. The summed E-state index contributed by atoms with van der Waals surface area (Å²) in [6.07, 6.45) is -0.768. The Morgan fingerprint density at radius 2 is 2.29 bits per heavy atom. The fraction of sp³-hybridized carbons (Fsp3) is 0.545. The molecule has 2 nitrogen and oxygen atoms in total. The van der Waals surface area contributed by atoms with Crippen LogP contribution < -0.4 is 5.32 Å². The Bertz CT molecular complexity index is 375. The predicted octanol–water partition coefficient (Wildman–Crippen LogP) is 3.41. The van der Waals surface area contributed by atoms with Crippen molar-refractivity contribution in [3.05, 3.63) is 23.9 Å². The first-order valence-corrected chi connectivity index (χ1v) is 6.50. The third kappa shape index (κ3) is 3.28. The summed E-state index contributed by atoms with van der Waals surface area (Å²) >= 11 is 1.80. The first-order valence-electron chi connectivity index (χ1n) is 5.45. The fourth-order valence-corrected chi connectivity index (χ4v) is 2.99. The molecule has 1 aromatic rings. The summed E-state index contributed by atoms with van der Waals surface area (Å²) in [4.78, 5) is 3.77. The van der Waals surface area contributed by atoms with Gasteiger partial charge in [0.2, 0.25) is 0 Å². The molecule has 1 saturated heterocycles. The summed E-state index contributed by atoms with van der Waals surface area (Å²) in [6, 6.07) is 2.36. The van der Waals surface area contributed by atoms with Crippen LogP contribution in [0, 0.1) is 0 Å². The average molecular weight is 262 g/mol. The van der Waals surface area contributed by atoms with Gasteiger partial charge in [-0.05, 0) is 30.7 Å². The number of hydrogen-bond acceptors (Lipinski definition) is 3. The molecule has 0 amide bonds. The standard InChI is InChI=1S/C11H13F3N2S/c12-11(13,14)9-4-1-5-15-10(9)16-7-8-3-2-6-17-8/h1,4-5,8H,2-3,6-7H2,(H,15,16). The van der Waals surface area contributed by atoms with E-state index in [-0.39, 0.29) is 5.82 Å². The van der Waals surface area contributed by atoms with Gasteiger partial charge in [-0.25, -0.2) is 4.98 Å². The number of anilines is 1. The Morgan fingerprint density at radius 3 is 2.94 bits per heavy atom. The second-order valence-electron chi connectivity index (χ2n) is 3.91. The second-order valence-corrected chi connectivity index (χ2v) is 5.32. The quantitative estimate of drug-likeness (QED) is 0.903. The first-order chi connectivity index (χ1) is 8.07. The zero-order valence-corrected chi connectivity index (χ0v) is 9.94. The molecule has 17 heavy (non-hydrogen) atoms. The zero-order chi connectivity index (χ0) is 12.3. The highest BCUT2D eigenvalue weighted by Crippen LogP contribution is 2.34. The molecule has 0 spiro atoms. The highest BCUT2D eigenvalue weighted by molar-refractivity contribution is 8.00. The minimum Gasteiger partial charge on any atom is -0.368 e. The molecule has 1 aliphatic rings. The molecular formula is C11H13F3N2S. The lowest BCUT2D eigenvalue weighted by Gasteiger charge is -2.15. The number of rotatable bonds is 3. The molecule has 1 fully saturated rings. The van der Waals surface area contributed by atoms with Gasteiger partial charge < -0.3 is 5.32 Å². The van der Waals surface area contributed by atoms with E-state index in [1.807, 2.05) is 0 Å². The number of halogens is 3. The summed E-state index contributed by atoms with van der Waals surface area (Å²) in [5.74, 6) is 1.04. The summed E-state index contributed by atoms with van der Waals surface area (Å²) in [7, 11) is 0. The molecule has 1 aliphatic heterocycles. The first kappa shape index (κ1) is 12.5. The van der Waals surface area contributed by atoms with Gasteiger partial charge in [-0.2, -0.15) is 24.9 Å². The molecule has 0 aromatic carbocycles. The zero-order valence-electron chi connectivity index (χ0n) is 9.13. The van der Waals surface area contributed by atoms with E-state index < -0.39 is 11.7 Å². The van der Waals surface area contributed by atoms with Crippen LogP contribution in [-0.2, 0) is 6.18 Å². The van der Waals surface area contributed by atoms with E-state index in [9.17, 15) is 13.2 Å². The van der Waals surface area contributed by atoms with Crippen LogP contribution in [0.2, 0.25) is 0 Å². The lowest BCUT2D eigenvalue weighted by molar-refractivity contribution is -0.137. The minimum atomic E-state index is -4.35. The number of hydrogen-bond donors (Lipinski definition) is 1. The van der Waals surface area contributed by atoms with E-state index in [0.29, 0.717) is 11.8 Å². The number of nitrogens with zero attached hydrogens (tertiary/aromatic N) is 1. The molecular weight excluding hydrogens is 249 g/mol. The van der Waals surface area contributed by atoms with Crippen LogP contribution in [0.3, 0.4) is 0 Å². The van der Waals surface area contributed by atoms with Crippen LogP contribution in [0.15, 0.2) is 18.3 Å². The van der Waals surface area contributed by atoms with Crippen LogP contribution in [0.25, 0.3) is 0 Å². The molecule has 0 bridgehead atoms. The fourth-order valence-electron chi connectivity index (χ4n) is 1.79. The van der Waals surface area contributed by atoms with Crippen molar-refractivity contribution in [3.63, 3.8) is 0 Å². The largest absolute Gasteiger partial charge is 0.419 e. The Morgan fingerprint density at radius 1 is 1.47 bits per heavy atom. The lowest BCUT2D eigenvalue weighted by Crippen LogP contribution is -2.18. The monoisotopic (exact) mass is 262 g/mol. The topological polar surface area (TPSA) is 24.9 Å². The van der Waals surface area contributed by atoms with Gasteiger partial charge in [0.25, 0.3) is 0 Å². The molecule has 94 valence electrons. The highest BCUT2D eigenvalue weighted by atomic mass is 32.2. The molecule has 1 N–H and O–H groups in total. The Labute approximate surface area is 102 Å². The maximum absolute atomic E-state index is 12.7. The molecule has 0 aliphatic carbocycles. The van der Waals surface area contributed by atoms with Crippen LogP contribution in [0.1, 0.15) is 18.4 Å². The number of nitrogens with one attached hydrogen (secondary N) is 1. The van der Waals surface area contributed by atoms with Gasteiger partial charge in [0, 0.05) is 18.0 Å². The van der Waals surface area contributed by atoms with Crippen LogP contribution in [-0.4, -0.2) is 22.5 Å². The van der Waals surface area contributed by atoms with Gasteiger partial charge >= 0.3 is 6.18 Å². The van der Waals surface area contributed by atoms with Crippen molar-refractivity contribution in [2.45, 2.75) is 24.3 Å². The average Bonchev–Trinajstić information content (AvgIpc) is 2.78. The van der Waals surface area contributed by atoms with E-state index in [1.54, 1.807) is 11.8 Å². The molecule has 2 rings (SSSR count). The van der Waals surface area contributed by atoms with Crippen LogP contribution >= 0.6 is 11.8 Å². The van der Waals surface area contributed by atoms with Gasteiger partial charge in [0.05, 0.1) is 5.56 Å². The van der Waals surface area contributed by atoms with Gasteiger partial charge in [-0.1, -0.05) is 0 Å². The van der Waals surface area contributed by atoms with Crippen molar-refractivity contribution < 1.29 is 13.2 Å². The van der Waals surface area contributed by atoms with Crippen molar-refractivity contribution in [1.82, 2.24) is 4.98 Å². The molecule has 0 radical (unpaired) electrons. The summed E-state index contributed by atoms with van der Waals surface area (Å²) in [5, 5.41) is 3.21. The minimum absolute atomic E-state index is 0.0625. The highest BCUT2D eigenvalue weighted by Gasteiger charge is 2.34. The third-order valence-corrected chi connectivity index (χ3v) is 4.03. The SMILES string of the molecule is FC(F)(F)c1cccnc1NCC1CCCS1. The number of alkyl halides is 3. The van der Waals surface area contributed by atoms with Crippen molar-refractivity contribution in [3.8, 4) is 0 Å². The number of aromatic nitrogens is 1. The summed E-state index contributed by atoms with van der Waals surface area (Å²) in [6.45, 7) is 0.546. The van der Waals surface area contributed by atoms with Gasteiger partial charge in [0.15, 0.2) is 0 Å². The van der Waals surface area contributed by atoms with E-state index in [1.165, 1.54) is 12.3 Å². The Kier molecular flexibility index (Phi) is 3.81. The maximum Gasteiger partial charge on any atom is 0.419 e. The van der Waals surface area contributed by atoms with E-state index in [2.05, 4.69) is 10.3 Å². The van der Waals surface area contributed by atoms with Crippen molar-refractivity contribution >= 4 is 17.6 Å². The van der Waals surface area contributed by atoms with Gasteiger partial charge in [-0.15, -0.1) is 0 Å². The molecule has 1 unspecified atom stereocenters. The molecule has 2 heterocycles. The van der Waals surface area contributed by atoms with Gasteiger partial charge in [0.1, 0.15) is 5.82 Å². The van der Waals surface area contributed by atoms with Crippen molar-refractivity contribution in [1.29, 1.82) is 0 Å². The summed E-state index contributed by atoms with van der Waals surface area (Å²) < 4.78 is 38.0. The van der Waals surface area contributed by atoms with Crippen LogP contribution in [0.4, 0.5) is 19.0 Å². The van der Waals surface area contributed by atoms with E-state index >= 15 is 0 Å². The second kappa shape index (κ2) is 5.16. The molecule has 1 atom stereocenters. The Hall–Kier alpha value is -0.910. The predicted molar refractivity (Wildman–Crippen MR) is 63.2 cm³/mol. The number of thioether (sulfide) groups is 1. The van der Waals surface area contributed by atoms with Gasteiger partial charge in [-0.3, -0.25) is 0 Å². The van der Waals surface area contributed by atoms with Crippen molar-refractivity contribution in [2.24, 2.45) is 0 Å². The van der Waals surface area contributed by atoms with Crippen LogP contribution in [0.5, 0.6) is 0 Å². The number of pyridine rings is 1. The maximum atomic E-state index is 12.7. The molecule has 1 aromatic heterocycles. The molecule has 0 saturated carbocycles. The van der Waals surface area contributed by atoms with E-state index in [4.69, 9.17) is 0 Å². The molecule has 6 heteroatoms.